The second kappa shape index (κ2) is 9.44. The van der Waals surface area contributed by atoms with Gasteiger partial charge in [-0.3, -0.25) is 4.79 Å². The number of carbonyl (C=O) groups excluding carboxylic acids is 1. The van der Waals surface area contributed by atoms with Gasteiger partial charge in [-0.25, -0.2) is 0 Å². The van der Waals surface area contributed by atoms with Crippen LogP contribution in [0.15, 0.2) is 30.5 Å². The molecule has 29 heavy (non-hydrogen) atoms. The second-order valence-corrected chi connectivity index (χ2v) is 9.22. The van der Waals surface area contributed by atoms with Crippen LogP contribution in [-0.2, 0) is 17.8 Å². The van der Waals surface area contributed by atoms with Gasteiger partial charge in [0.25, 0.3) is 0 Å². The number of likely N-dealkylation sites (tertiary alicyclic amines) is 1. The minimum atomic E-state index is 0.0161. The van der Waals surface area contributed by atoms with E-state index in [9.17, 15) is 9.90 Å². The predicted molar refractivity (Wildman–Crippen MR) is 118 cm³/mol. The van der Waals surface area contributed by atoms with Crippen LogP contribution in [0.2, 0.25) is 0 Å². The molecule has 0 spiro atoms. The van der Waals surface area contributed by atoms with Crippen LogP contribution in [-0.4, -0.2) is 41.0 Å². The van der Waals surface area contributed by atoms with Gasteiger partial charge in [-0.05, 0) is 42.9 Å². The molecule has 2 heterocycles. The molecule has 1 N–H and O–H groups in total. The van der Waals surface area contributed by atoms with Gasteiger partial charge in [0.2, 0.25) is 0 Å². The Bertz CT molecular complexity index is 728. The first-order valence-corrected chi connectivity index (χ1v) is 11.6. The van der Waals surface area contributed by atoms with Crippen molar-refractivity contribution < 1.29 is 9.90 Å². The third kappa shape index (κ3) is 4.75. The number of nitrogens with zero attached hydrogens (tertiary/aromatic N) is 2. The van der Waals surface area contributed by atoms with Crippen LogP contribution in [0, 0.1) is 0 Å². The number of hydrogen-bond acceptors (Lipinski definition) is 4. The Kier molecular flexibility index (Phi) is 6.71. The molecular formula is C25H36N2O2. The fourth-order valence-electron chi connectivity index (χ4n) is 5.64. The Morgan fingerprint density at radius 1 is 0.931 bits per heavy atom. The Hall–Kier alpha value is -1.65. The number of anilines is 1. The maximum absolute atomic E-state index is 12.4. The van der Waals surface area contributed by atoms with Crippen molar-refractivity contribution in [2.75, 3.05) is 18.0 Å². The highest BCUT2D eigenvalue weighted by atomic mass is 16.3. The molecule has 1 saturated heterocycles. The Morgan fingerprint density at radius 2 is 1.62 bits per heavy atom. The van der Waals surface area contributed by atoms with Crippen molar-refractivity contribution in [3.05, 3.63) is 41.6 Å². The molecule has 2 fully saturated rings. The van der Waals surface area contributed by atoms with Crippen LogP contribution in [0.4, 0.5) is 5.69 Å². The largest absolute Gasteiger partial charge is 0.392 e. The maximum Gasteiger partial charge on any atom is 0.143 e. The second-order valence-electron chi connectivity index (χ2n) is 9.22. The van der Waals surface area contributed by atoms with E-state index in [0.29, 0.717) is 18.9 Å². The predicted octanol–water partition coefficient (Wildman–Crippen LogP) is 4.59. The summed E-state index contributed by atoms with van der Waals surface area (Å²) in [5.41, 5.74) is 3.99. The third-order valence-corrected chi connectivity index (χ3v) is 7.17. The molecule has 0 atom stereocenters. The minimum Gasteiger partial charge on any atom is -0.392 e. The Labute approximate surface area is 175 Å². The number of ketones is 1. The van der Waals surface area contributed by atoms with Crippen LogP contribution >= 0.6 is 0 Å². The van der Waals surface area contributed by atoms with Gasteiger partial charge in [-0.15, -0.1) is 0 Å². The first kappa shape index (κ1) is 20.6. The zero-order valence-electron chi connectivity index (χ0n) is 17.7. The average molecular weight is 397 g/mol. The number of fused-ring (bicyclic) bond motifs is 1. The summed E-state index contributed by atoms with van der Waals surface area (Å²) < 4.78 is 0. The normalized spacial score (nSPS) is 23.4. The maximum atomic E-state index is 12.4. The van der Waals surface area contributed by atoms with Crippen molar-refractivity contribution in [1.29, 1.82) is 0 Å². The van der Waals surface area contributed by atoms with Crippen LogP contribution < -0.4 is 4.90 Å². The molecule has 0 bridgehead atoms. The van der Waals surface area contributed by atoms with Crippen molar-refractivity contribution in [2.24, 2.45) is 0 Å². The molecule has 3 aliphatic rings. The number of allylic oxidation sites excluding steroid dienone is 1. The molecule has 4 rings (SSSR count). The molecule has 4 heteroatoms. The number of carbonyl (C=O) groups is 1. The minimum absolute atomic E-state index is 0.0161. The first-order chi connectivity index (χ1) is 14.2. The molecule has 4 nitrogen and oxygen atoms in total. The van der Waals surface area contributed by atoms with Gasteiger partial charge in [0, 0.05) is 49.4 Å². The van der Waals surface area contributed by atoms with E-state index in [0.717, 1.165) is 54.5 Å². The van der Waals surface area contributed by atoms with E-state index >= 15 is 0 Å². The molecule has 0 radical (unpaired) electrons. The molecule has 1 aromatic carbocycles. The first-order valence-electron chi connectivity index (χ1n) is 11.6. The smallest absolute Gasteiger partial charge is 0.143 e. The van der Waals surface area contributed by atoms with Crippen molar-refractivity contribution in [2.45, 2.75) is 89.3 Å². The van der Waals surface area contributed by atoms with Crippen molar-refractivity contribution >= 4 is 11.5 Å². The molecule has 1 aromatic rings. The van der Waals surface area contributed by atoms with Gasteiger partial charge >= 0.3 is 0 Å². The zero-order chi connectivity index (χ0) is 20.2. The number of hydrogen-bond donors (Lipinski definition) is 1. The molecule has 1 aliphatic carbocycles. The van der Waals surface area contributed by atoms with E-state index in [1.807, 2.05) is 12.1 Å². The van der Waals surface area contributed by atoms with Crippen LogP contribution in [0.5, 0.6) is 0 Å². The SMILES string of the molecule is C=C1CC(=O)Cc2cc(CO)ccc2N1C1CCN(C2CCCCCCC2)CC1. The van der Waals surface area contributed by atoms with E-state index < -0.39 is 0 Å². The Balaban J connectivity index is 1.48. The summed E-state index contributed by atoms with van der Waals surface area (Å²) in [6.45, 7) is 6.61. The molecule has 0 amide bonds. The average Bonchev–Trinajstić information content (AvgIpc) is 2.81. The molecule has 0 aromatic heterocycles. The number of piperidine rings is 1. The van der Waals surface area contributed by atoms with E-state index in [1.165, 1.54) is 44.9 Å². The van der Waals surface area contributed by atoms with Crippen LogP contribution in [0.3, 0.4) is 0 Å². The number of aliphatic hydroxyl groups is 1. The summed E-state index contributed by atoms with van der Waals surface area (Å²) in [5, 5.41) is 9.51. The number of Topliss-reactive ketones (excluding diaryl/α,β-unsaturated/α-hetero) is 1. The summed E-state index contributed by atoms with van der Waals surface area (Å²) >= 11 is 0. The quantitative estimate of drug-likeness (QED) is 0.811. The van der Waals surface area contributed by atoms with Gasteiger partial charge in [0.15, 0.2) is 0 Å². The summed E-state index contributed by atoms with van der Waals surface area (Å²) in [4.78, 5) is 17.5. The third-order valence-electron chi connectivity index (χ3n) is 7.17. The lowest BCUT2D eigenvalue weighted by atomic mass is 9.92. The lowest BCUT2D eigenvalue weighted by Crippen LogP contribution is -2.48. The summed E-state index contributed by atoms with van der Waals surface area (Å²) in [6.07, 6.45) is 12.9. The van der Waals surface area contributed by atoms with E-state index in [1.54, 1.807) is 0 Å². The number of aliphatic hydroxyl groups excluding tert-OH is 1. The van der Waals surface area contributed by atoms with Crippen LogP contribution in [0.1, 0.15) is 75.3 Å². The number of rotatable bonds is 3. The fourth-order valence-corrected chi connectivity index (χ4v) is 5.64. The van der Waals surface area contributed by atoms with Crippen molar-refractivity contribution in [1.82, 2.24) is 4.90 Å². The summed E-state index contributed by atoms with van der Waals surface area (Å²) in [7, 11) is 0. The van der Waals surface area contributed by atoms with E-state index in [2.05, 4.69) is 22.4 Å². The molecule has 1 saturated carbocycles. The van der Waals surface area contributed by atoms with Gasteiger partial charge in [0.1, 0.15) is 5.78 Å². The molecular weight excluding hydrogens is 360 g/mol. The number of benzene rings is 1. The highest BCUT2D eigenvalue weighted by Crippen LogP contribution is 2.36. The van der Waals surface area contributed by atoms with Gasteiger partial charge < -0.3 is 14.9 Å². The van der Waals surface area contributed by atoms with E-state index in [4.69, 9.17) is 0 Å². The summed E-state index contributed by atoms with van der Waals surface area (Å²) in [5.74, 6) is 0.223. The molecule has 0 unspecified atom stereocenters. The van der Waals surface area contributed by atoms with Crippen molar-refractivity contribution in [3.8, 4) is 0 Å². The summed E-state index contributed by atoms with van der Waals surface area (Å²) in [6, 6.07) is 7.26. The van der Waals surface area contributed by atoms with Gasteiger partial charge in [-0.1, -0.05) is 50.8 Å². The van der Waals surface area contributed by atoms with E-state index in [-0.39, 0.29) is 12.4 Å². The van der Waals surface area contributed by atoms with Gasteiger partial charge in [-0.2, -0.15) is 0 Å². The lowest BCUT2D eigenvalue weighted by molar-refractivity contribution is -0.117. The van der Waals surface area contributed by atoms with Crippen molar-refractivity contribution in [3.63, 3.8) is 0 Å². The fraction of sp³-hybridized carbons (Fsp3) is 0.640. The highest BCUT2D eigenvalue weighted by molar-refractivity contribution is 5.88. The highest BCUT2D eigenvalue weighted by Gasteiger charge is 2.32. The Morgan fingerprint density at radius 3 is 2.31 bits per heavy atom. The topological polar surface area (TPSA) is 43.8 Å². The standard InChI is InChI=1S/C25H36N2O2/c1-19-15-24(29)17-21-16-20(18-28)9-10-25(21)27(19)23-11-13-26(14-12-23)22-7-5-3-2-4-6-8-22/h9-10,16,22-23,28H,1-8,11-15,17-18H2. The monoisotopic (exact) mass is 396 g/mol. The molecule has 158 valence electrons. The van der Waals surface area contributed by atoms with Gasteiger partial charge in [0.05, 0.1) is 6.61 Å². The lowest BCUT2D eigenvalue weighted by Gasteiger charge is -2.43. The molecule has 2 aliphatic heterocycles. The van der Waals surface area contributed by atoms with Crippen LogP contribution in [0.25, 0.3) is 0 Å². The zero-order valence-corrected chi connectivity index (χ0v) is 17.7.